The second-order valence-electron chi connectivity index (χ2n) is 3.70. The van der Waals surface area contributed by atoms with Gasteiger partial charge in [0.25, 0.3) is 0 Å². The van der Waals surface area contributed by atoms with Crippen molar-refractivity contribution in [2.45, 2.75) is 18.2 Å². The largest absolute Gasteiger partial charge is 0.481 e. The maximum atomic E-state index is 10.6. The number of carboxylic acid groups (broad SMARTS) is 1. The van der Waals surface area contributed by atoms with Crippen molar-refractivity contribution in [1.82, 2.24) is 0 Å². The number of anilines is 1. The minimum Gasteiger partial charge on any atom is -0.481 e. The number of amidine groups is 1. The zero-order valence-corrected chi connectivity index (χ0v) is 9.86. The van der Waals surface area contributed by atoms with Gasteiger partial charge in [-0.2, -0.15) is 0 Å². The second-order valence-corrected chi connectivity index (χ2v) is 5.33. The lowest BCUT2D eigenvalue weighted by atomic mass is 10.2. The summed E-state index contributed by atoms with van der Waals surface area (Å²) in [7, 11) is -3.31. The van der Waals surface area contributed by atoms with Crippen molar-refractivity contribution in [2.75, 3.05) is 5.32 Å². The van der Waals surface area contributed by atoms with Crippen LogP contribution in [0.2, 0.25) is 0 Å². The highest BCUT2D eigenvalue weighted by Crippen LogP contribution is 2.56. The molecule has 4 N–H and O–H groups in total. The van der Waals surface area contributed by atoms with Gasteiger partial charge in [0.1, 0.15) is 17.2 Å². The first-order chi connectivity index (χ1) is 7.90. The fourth-order valence-corrected chi connectivity index (χ4v) is 3.13. The maximum absolute atomic E-state index is 10.6. The minimum absolute atomic E-state index is 0.0515. The van der Waals surface area contributed by atoms with Crippen molar-refractivity contribution in [3.63, 3.8) is 0 Å². The van der Waals surface area contributed by atoms with Gasteiger partial charge in [0.2, 0.25) is 0 Å². The smallest absolute Gasteiger partial charge is 0.311 e. The van der Waals surface area contributed by atoms with Crippen LogP contribution in [0.1, 0.15) is 12.0 Å². The number of carboxylic acids is 1. The Morgan fingerprint density at radius 3 is 2.82 bits per heavy atom. The molecule has 0 atom stereocenters. The molecule has 0 spiro atoms. The number of nitrogens with one attached hydrogen (secondary N) is 1. The third-order valence-corrected chi connectivity index (χ3v) is 3.89. The Balaban J connectivity index is 2.46. The molecule has 1 aliphatic heterocycles. The number of hydrogen-bond donors (Lipinski definition) is 4. The molecule has 1 heterocycles. The number of carbonyl (C=O) groups is 1. The summed E-state index contributed by atoms with van der Waals surface area (Å²) in [5, 5.41) is 11.5. The highest BCUT2D eigenvalue weighted by molar-refractivity contribution is 8.23. The number of aryl methyl sites for hydroxylation is 1. The van der Waals surface area contributed by atoms with E-state index in [1.165, 1.54) is 0 Å². The van der Waals surface area contributed by atoms with Crippen molar-refractivity contribution in [3.8, 4) is 0 Å². The lowest BCUT2D eigenvalue weighted by Crippen LogP contribution is -2.23. The number of benzene rings is 1. The Hall–Kier alpha value is -1.57. The molecule has 2 rings (SSSR count). The van der Waals surface area contributed by atoms with Gasteiger partial charge >= 0.3 is 5.97 Å². The van der Waals surface area contributed by atoms with E-state index in [4.69, 9.17) is 5.11 Å². The Bertz CT molecular complexity index is 513. The van der Waals surface area contributed by atoms with Crippen LogP contribution in [-0.4, -0.2) is 26.0 Å². The van der Waals surface area contributed by atoms with E-state index in [-0.39, 0.29) is 12.3 Å². The van der Waals surface area contributed by atoms with E-state index in [1.54, 1.807) is 25.1 Å². The number of aliphatic carboxylic acids is 1. The fourth-order valence-electron chi connectivity index (χ4n) is 1.71. The van der Waals surface area contributed by atoms with Crippen LogP contribution >= 0.6 is 10.8 Å². The van der Waals surface area contributed by atoms with E-state index in [0.29, 0.717) is 16.1 Å². The van der Waals surface area contributed by atoms with Gasteiger partial charge in [-0.05, 0) is 18.6 Å². The van der Waals surface area contributed by atoms with Gasteiger partial charge in [0.05, 0.1) is 5.69 Å². The maximum Gasteiger partial charge on any atom is 0.311 e. The zero-order chi connectivity index (χ0) is 12.6. The molecule has 1 aromatic rings. The molecule has 92 valence electrons. The summed E-state index contributed by atoms with van der Waals surface area (Å²) in [4.78, 5) is 10.9. The summed E-state index contributed by atoms with van der Waals surface area (Å²) < 4.78 is 23.5. The van der Waals surface area contributed by atoms with Crippen LogP contribution < -0.4 is 5.32 Å². The molecular formula is C10H12N2O4S. The number of hydrogen-bond acceptors (Lipinski definition) is 5. The van der Waals surface area contributed by atoms with E-state index in [2.05, 4.69) is 9.71 Å². The van der Waals surface area contributed by atoms with Crippen LogP contribution in [0.3, 0.4) is 0 Å². The quantitative estimate of drug-likeness (QED) is 0.650. The van der Waals surface area contributed by atoms with Crippen LogP contribution in [0.25, 0.3) is 0 Å². The lowest BCUT2D eigenvalue weighted by molar-refractivity contribution is -0.135. The molecule has 0 saturated heterocycles. The van der Waals surface area contributed by atoms with Crippen LogP contribution in [0, 0.1) is 6.92 Å². The van der Waals surface area contributed by atoms with Crippen LogP contribution in [0.5, 0.6) is 0 Å². The summed E-state index contributed by atoms with van der Waals surface area (Å²) in [6, 6.07) is 5.15. The molecule has 0 saturated carbocycles. The molecule has 0 bridgehead atoms. The number of fused-ring (bicyclic) bond motifs is 1. The Kier molecular flexibility index (Phi) is 2.82. The molecule has 0 unspecified atom stereocenters. The van der Waals surface area contributed by atoms with Gasteiger partial charge in [0.15, 0.2) is 0 Å². The Morgan fingerprint density at radius 1 is 1.47 bits per heavy atom. The first-order valence-corrected chi connectivity index (χ1v) is 6.36. The van der Waals surface area contributed by atoms with Gasteiger partial charge in [-0.3, -0.25) is 13.9 Å². The molecule has 6 nitrogen and oxygen atoms in total. The van der Waals surface area contributed by atoms with E-state index in [0.717, 1.165) is 0 Å². The van der Waals surface area contributed by atoms with Gasteiger partial charge in [0, 0.05) is 0 Å². The molecule has 7 heteroatoms. The summed E-state index contributed by atoms with van der Waals surface area (Å²) in [5.74, 6) is -1.03. The highest BCUT2D eigenvalue weighted by Gasteiger charge is 2.27. The molecule has 0 fully saturated rings. The predicted octanol–water partition coefficient (Wildman–Crippen LogP) is 2.32. The van der Waals surface area contributed by atoms with Gasteiger partial charge in [-0.1, -0.05) is 22.9 Å². The first kappa shape index (κ1) is 11.9. The highest BCUT2D eigenvalue weighted by atomic mass is 32.3. The van der Waals surface area contributed by atoms with E-state index in [1.807, 2.05) is 0 Å². The topological polar surface area (TPSA) is 102 Å². The van der Waals surface area contributed by atoms with Crippen LogP contribution in [-0.2, 0) is 4.79 Å². The molecule has 17 heavy (non-hydrogen) atoms. The van der Waals surface area contributed by atoms with Crippen molar-refractivity contribution >= 4 is 28.3 Å². The minimum atomic E-state index is -3.31. The normalized spacial score (nSPS) is 18.6. The van der Waals surface area contributed by atoms with Gasteiger partial charge < -0.3 is 10.4 Å². The summed E-state index contributed by atoms with van der Waals surface area (Å²) >= 11 is 0. The number of nitrogens with zero attached hydrogens (tertiary/aromatic N) is 1. The summed E-state index contributed by atoms with van der Waals surface area (Å²) in [6.07, 6.45) is -0.372. The standard InChI is InChI=1S/C10H12N2O4S/c1-6-3-2-4-7-10(6)17(15,16)12-8(11-7)5-9(13)14/h2-4,15-16H,5H2,1H3,(H,11,12)(H,13,14). The number of rotatable bonds is 2. The molecule has 0 aromatic heterocycles. The second kappa shape index (κ2) is 4.02. The average molecular weight is 256 g/mol. The SMILES string of the molecule is Cc1cccc2c1S(O)(O)N=C(CC(=O)O)N2. The molecule has 0 aliphatic carbocycles. The van der Waals surface area contributed by atoms with E-state index < -0.39 is 16.7 Å². The molecule has 0 radical (unpaired) electrons. The van der Waals surface area contributed by atoms with Crippen LogP contribution in [0.15, 0.2) is 27.5 Å². The van der Waals surface area contributed by atoms with E-state index >= 15 is 0 Å². The fraction of sp³-hybridized carbons (Fsp3) is 0.200. The molecule has 1 aromatic carbocycles. The van der Waals surface area contributed by atoms with Crippen molar-refractivity contribution < 1.29 is 19.0 Å². The third kappa shape index (κ3) is 2.26. The Labute approximate surface area is 99.5 Å². The lowest BCUT2D eigenvalue weighted by Gasteiger charge is -2.35. The Morgan fingerprint density at radius 2 is 2.18 bits per heavy atom. The molecule has 1 aliphatic rings. The monoisotopic (exact) mass is 256 g/mol. The molecule has 0 amide bonds. The van der Waals surface area contributed by atoms with Gasteiger partial charge in [-0.15, -0.1) is 4.40 Å². The van der Waals surface area contributed by atoms with Crippen molar-refractivity contribution in [1.29, 1.82) is 0 Å². The van der Waals surface area contributed by atoms with Crippen molar-refractivity contribution in [3.05, 3.63) is 23.8 Å². The third-order valence-electron chi connectivity index (χ3n) is 2.32. The van der Waals surface area contributed by atoms with E-state index in [9.17, 15) is 13.9 Å². The predicted molar refractivity (Wildman–Crippen MR) is 65.6 cm³/mol. The zero-order valence-electron chi connectivity index (χ0n) is 9.04. The van der Waals surface area contributed by atoms with Crippen LogP contribution in [0.4, 0.5) is 5.69 Å². The summed E-state index contributed by atoms with van der Waals surface area (Å²) in [5.41, 5.74) is 1.20. The van der Waals surface area contributed by atoms with Crippen molar-refractivity contribution in [2.24, 2.45) is 4.40 Å². The average Bonchev–Trinajstić information content (AvgIpc) is 2.13. The van der Waals surface area contributed by atoms with Gasteiger partial charge in [-0.25, -0.2) is 0 Å². The summed E-state index contributed by atoms with van der Waals surface area (Å²) in [6.45, 7) is 1.74. The molecular weight excluding hydrogens is 244 g/mol. The first-order valence-electron chi connectivity index (χ1n) is 4.85.